The van der Waals surface area contributed by atoms with Crippen LogP contribution in [-0.4, -0.2) is 42.5 Å². The Morgan fingerprint density at radius 1 is 1.16 bits per heavy atom. The van der Waals surface area contributed by atoms with Crippen LogP contribution in [0, 0.1) is 18.6 Å². The second kappa shape index (κ2) is 7.95. The Bertz CT molecular complexity index is 1290. The summed E-state index contributed by atoms with van der Waals surface area (Å²) in [5, 5.41) is 12.1. The van der Waals surface area contributed by atoms with Crippen LogP contribution in [0.2, 0.25) is 0 Å². The fourth-order valence-electron chi connectivity index (χ4n) is 3.95. The van der Waals surface area contributed by atoms with Gasteiger partial charge in [0.1, 0.15) is 17.7 Å². The van der Waals surface area contributed by atoms with Gasteiger partial charge in [-0.3, -0.25) is 4.79 Å². The molecule has 0 aliphatic carbocycles. The minimum Gasteiger partial charge on any atom is -0.337 e. The fourth-order valence-corrected chi connectivity index (χ4v) is 3.95. The van der Waals surface area contributed by atoms with Crippen molar-refractivity contribution < 1.29 is 18.1 Å². The van der Waals surface area contributed by atoms with E-state index in [1.54, 1.807) is 24.0 Å². The average Bonchev–Trinajstić information content (AvgIpc) is 3.56. The third-order valence-electron chi connectivity index (χ3n) is 5.57. The Kier molecular flexibility index (Phi) is 4.96. The number of nitrogens with zero attached hydrogens (tertiary/aromatic N) is 6. The number of hydrogen-bond acceptors (Lipinski definition) is 6. The number of carbonyl (C=O) groups is 1. The predicted octanol–water partition coefficient (Wildman–Crippen LogP) is 3.88. The van der Waals surface area contributed by atoms with Gasteiger partial charge in [0.25, 0.3) is 5.91 Å². The van der Waals surface area contributed by atoms with Gasteiger partial charge in [-0.25, -0.2) is 8.78 Å². The smallest absolute Gasteiger partial charge is 0.256 e. The zero-order valence-corrected chi connectivity index (χ0v) is 17.1. The monoisotopic (exact) mass is 436 g/mol. The highest BCUT2D eigenvalue weighted by molar-refractivity contribution is 5.98. The lowest BCUT2D eigenvalue weighted by atomic mass is 10.1. The maximum atomic E-state index is 14.0. The van der Waals surface area contributed by atoms with Gasteiger partial charge >= 0.3 is 0 Å². The topological polar surface area (TPSA) is 89.9 Å². The lowest BCUT2D eigenvalue weighted by Gasteiger charge is -2.23. The van der Waals surface area contributed by atoms with Crippen LogP contribution in [0.3, 0.4) is 0 Å². The first kappa shape index (κ1) is 20.0. The summed E-state index contributed by atoms with van der Waals surface area (Å²) in [6.07, 6.45) is 4.28. The van der Waals surface area contributed by atoms with Crippen molar-refractivity contribution in [3.63, 3.8) is 0 Å². The molecule has 1 fully saturated rings. The molecule has 1 saturated heterocycles. The standard InChI is InChI=1S/C22H18F2N6O2/c1-13-15(4-2-5-17(13)24)20-27-21(32-28-20)19-6-3-11-29(19)22(31)16-12-14(23)7-8-18(16)30-25-9-10-26-30/h2,4-5,7-10,12,19H,3,6,11H2,1H3. The summed E-state index contributed by atoms with van der Waals surface area (Å²) in [6.45, 7) is 2.09. The van der Waals surface area contributed by atoms with Crippen LogP contribution in [0.25, 0.3) is 17.1 Å². The van der Waals surface area contributed by atoms with E-state index in [4.69, 9.17) is 4.52 Å². The van der Waals surface area contributed by atoms with E-state index in [-0.39, 0.29) is 29.0 Å². The Balaban J connectivity index is 1.48. The largest absolute Gasteiger partial charge is 0.337 e. The molecule has 32 heavy (non-hydrogen) atoms. The van der Waals surface area contributed by atoms with Crippen LogP contribution in [0.5, 0.6) is 0 Å². The molecule has 0 radical (unpaired) electrons. The molecule has 0 N–H and O–H groups in total. The van der Waals surface area contributed by atoms with Crippen molar-refractivity contribution >= 4 is 5.91 Å². The van der Waals surface area contributed by atoms with Crippen molar-refractivity contribution in [2.45, 2.75) is 25.8 Å². The normalized spacial score (nSPS) is 16.0. The number of halogens is 2. The highest BCUT2D eigenvalue weighted by Crippen LogP contribution is 2.34. The Labute approximate surface area is 181 Å². The predicted molar refractivity (Wildman–Crippen MR) is 109 cm³/mol. The molecule has 5 rings (SSSR count). The van der Waals surface area contributed by atoms with E-state index in [1.807, 2.05) is 0 Å². The van der Waals surface area contributed by atoms with Crippen molar-refractivity contribution in [2.75, 3.05) is 6.54 Å². The second-order valence-corrected chi connectivity index (χ2v) is 7.51. The van der Waals surface area contributed by atoms with Crippen LogP contribution >= 0.6 is 0 Å². The van der Waals surface area contributed by atoms with E-state index in [9.17, 15) is 13.6 Å². The third-order valence-corrected chi connectivity index (χ3v) is 5.57. The van der Waals surface area contributed by atoms with Gasteiger partial charge in [-0.15, -0.1) is 0 Å². The summed E-state index contributed by atoms with van der Waals surface area (Å²) in [5.41, 5.74) is 1.44. The van der Waals surface area contributed by atoms with Gasteiger partial charge in [0.05, 0.1) is 23.6 Å². The highest BCUT2D eigenvalue weighted by Gasteiger charge is 2.36. The molecule has 4 aromatic rings. The molecular formula is C22H18F2N6O2. The van der Waals surface area contributed by atoms with Gasteiger partial charge in [0.15, 0.2) is 0 Å². The number of aromatic nitrogens is 5. The van der Waals surface area contributed by atoms with Crippen molar-refractivity contribution in [1.29, 1.82) is 0 Å². The van der Waals surface area contributed by atoms with Crippen molar-refractivity contribution in [2.24, 2.45) is 0 Å². The minimum atomic E-state index is -0.540. The first-order valence-corrected chi connectivity index (χ1v) is 10.1. The summed E-state index contributed by atoms with van der Waals surface area (Å²) in [6, 6.07) is 8.07. The molecular weight excluding hydrogens is 418 g/mol. The third kappa shape index (κ3) is 3.43. The maximum Gasteiger partial charge on any atom is 0.256 e. The van der Waals surface area contributed by atoms with Crippen LogP contribution in [0.4, 0.5) is 8.78 Å². The molecule has 0 saturated carbocycles. The fraction of sp³-hybridized carbons (Fsp3) is 0.227. The van der Waals surface area contributed by atoms with E-state index in [1.165, 1.54) is 41.5 Å². The number of hydrogen-bond donors (Lipinski definition) is 0. The number of amides is 1. The molecule has 1 aliphatic heterocycles. The summed E-state index contributed by atoms with van der Waals surface area (Å²) in [4.78, 5) is 20.7. The minimum absolute atomic E-state index is 0.133. The molecule has 8 nitrogen and oxygen atoms in total. The summed E-state index contributed by atoms with van der Waals surface area (Å²) in [5.74, 6) is -0.784. The molecule has 0 bridgehead atoms. The Morgan fingerprint density at radius 3 is 2.78 bits per heavy atom. The van der Waals surface area contributed by atoms with E-state index in [0.29, 0.717) is 29.8 Å². The summed E-state index contributed by atoms with van der Waals surface area (Å²) < 4.78 is 33.4. The average molecular weight is 436 g/mol. The van der Waals surface area contributed by atoms with Gasteiger partial charge in [-0.05, 0) is 49.6 Å². The van der Waals surface area contributed by atoms with Gasteiger partial charge in [-0.1, -0.05) is 17.3 Å². The van der Waals surface area contributed by atoms with E-state index in [0.717, 1.165) is 6.42 Å². The molecule has 2 aromatic heterocycles. The first-order chi connectivity index (χ1) is 15.5. The highest BCUT2D eigenvalue weighted by atomic mass is 19.1. The molecule has 1 aliphatic rings. The maximum absolute atomic E-state index is 14.0. The molecule has 2 aromatic carbocycles. The molecule has 3 heterocycles. The van der Waals surface area contributed by atoms with Crippen LogP contribution in [0.15, 0.2) is 53.3 Å². The molecule has 0 spiro atoms. The molecule has 1 unspecified atom stereocenters. The Hall–Kier alpha value is -3.95. The van der Waals surface area contributed by atoms with E-state index >= 15 is 0 Å². The van der Waals surface area contributed by atoms with E-state index in [2.05, 4.69) is 20.3 Å². The molecule has 1 atom stereocenters. The van der Waals surface area contributed by atoms with Crippen molar-refractivity contribution in [3.8, 4) is 17.1 Å². The summed E-state index contributed by atoms with van der Waals surface area (Å²) >= 11 is 0. The molecule has 10 heteroatoms. The van der Waals surface area contributed by atoms with Gasteiger partial charge in [0, 0.05) is 12.1 Å². The summed E-state index contributed by atoms with van der Waals surface area (Å²) in [7, 11) is 0. The van der Waals surface area contributed by atoms with E-state index < -0.39 is 11.9 Å². The molecule has 162 valence electrons. The zero-order valence-electron chi connectivity index (χ0n) is 17.1. The van der Waals surface area contributed by atoms with Gasteiger partial charge in [0.2, 0.25) is 11.7 Å². The zero-order chi connectivity index (χ0) is 22.2. The number of carbonyl (C=O) groups excluding carboxylic acids is 1. The van der Waals surface area contributed by atoms with Gasteiger partial charge in [-0.2, -0.15) is 20.0 Å². The first-order valence-electron chi connectivity index (χ1n) is 10.1. The quantitative estimate of drug-likeness (QED) is 0.482. The molecule has 1 amide bonds. The second-order valence-electron chi connectivity index (χ2n) is 7.51. The van der Waals surface area contributed by atoms with Gasteiger partial charge < -0.3 is 9.42 Å². The number of benzene rings is 2. The lowest BCUT2D eigenvalue weighted by Crippen LogP contribution is -2.31. The van der Waals surface area contributed by atoms with Crippen molar-refractivity contribution in [1.82, 2.24) is 30.0 Å². The lowest BCUT2D eigenvalue weighted by molar-refractivity contribution is 0.0709. The number of likely N-dealkylation sites (tertiary alicyclic amines) is 1. The van der Waals surface area contributed by atoms with Crippen LogP contribution < -0.4 is 0 Å². The number of rotatable bonds is 4. The van der Waals surface area contributed by atoms with Crippen molar-refractivity contribution in [3.05, 3.63) is 77.4 Å². The SMILES string of the molecule is Cc1c(F)cccc1-c1noc(C2CCCN2C(=O)c2cc(F)ccc2-n2nccn2)n1. The Morgan fingerprint density at radius 2 is 1.97 bits per heavy atom. The van der Waals surface area contributed by atoms with Crippen LogP contribution in [0.1, 0.15) is 40.7 Å². The van der Waals surface area contributed by atoms with Crippen LogP contribution in [-0.2, 0) is 0 Å².